The fourth-order valence-electron chi connectivity index (χ4n) is 2.19. The second-order valence-corrected chi connectivity index (χ2v) is 4.52. The number of hydrogen-bond acceptors (Lipinski definition) is 4. The Morgan fingerprint density at radius 1 is 1.44 bits per heavy atom. The monoisotopic (exact) mass is 254 g/mol. The third kappa shape index (κ3) is 3.02. The predicted octanol–water partition coefficient (Wildman–Crippen LogP) is 2.13. The Hall–Kier alpha value is -1.53. The van der Waals surface area contributed by atoms with E-state index in [1.807, 2.05) is 0 Å². The zero-order chi connectivity index (χ0) is 13.1. The van der Waals surface area contributed by atoms with E-state index < -0.39 is 10.7 Å². The average Bonchev–Trinajstić information content (AvgIpc) is 2.71. The van der Waals surface area contributed by atoms with Gasteiger partial charge < -0.3 is 10.5 Å². The Balaban J connectivity index is 2.02. The number of benzene rings is 1. The molecule has 0 amide bonds. The van der Waals surface area contributed by atoms with Gasteiger partial charge in [-0.25, -0.2) is 4.39 Å². The largest absolute Gasteiger partial charge is 0.372 e. The lowest BCUT2D eigenvalue weighted by Crippen LogP contribution is -2.31. The van der Waals surface area contributed by atoms with E-state index in [4.69, 9.17) is 10.5 Å². The van der Waals surface area contributed by atoms with Crippen LogP contribution in [0.3, 0.4) is 0 Å². The molecule has 2 N–H and O–H groups in total. The summed E-state index contributed by atoms with van der Waals surface area (Å²) in [7, 11) is 0. The maximum atomic E-state index is 13.2. The standard InChI is InChI=1S/C12H15FN2O3/c13-9-4-8(5-10(6-9)15(16)17)7-18-12-3-1-2-11(12)14/h4-6,11-12H,1-3,7,14H2. The summed E-state index contributed by atoms with van der Waals surface area (Å²) < 4.78 is 18.8. The van der Waals surface area contributed by atoms with Gasteiger partial charge in [-0.2, -0.15) is 0 Å². The van der Waals surface area contributed by atoms with Crippen molar-refractivity contribution in [1.29, 1.82) is 0 Å². The lowest BCUT2D eigenvalue weighted by Gasteiger charge is -2.16. The second kappa shape index (κ2) is 5.41. The summed E-state index contributed by atoms with van der Waals surface area (Å²) in [6.07, 6.45) is 2.80. The number of nitro groups is 1. The van der Waals surface area contributed by atoms with Crippen molar-refractivity contribution in [3.63, 3.8) is 0 Å². The first kappa shape index (κ1) is 12.9. The van der Waals surface area contributed by atoms with Crippen molar-refractivity contribution in [3.05, 3.63) is 39.7 Å². The Kier molecular flexibility index (Phi) is 3.88. The van der Waals surface area contributed by atoms with Crippen molar-refractivity contribution >= 4 is 5.69 Å². The molecule has 18 heavy (non-hydrogen) atoms. The van der Waals surface area contributed by atoms with Crippen LogP contribution in [-0.2, 0) is 11.3 Å². The number of nitrogens with zero attached hydrogens (tertiary/aromatic N) is 1. The van der Waals surface area contributed by atoms with Gasteiger partial charge in [0.2, 0.25) is 0 Å². The van der Waals surface area contributed by atoms with Gasteiger partial charge in [0.15, 0.2) is 0 Å². The Morgan fingerprint density at radius 2 is 2.22 bits per heavy atom. The third-order valence-electron chi connectivity index (χ3n) is 3.12. The van der Waals surface area contributed by atoms with Crippen molar-refractivity contribution in [2.45, 2.75) is 38.0 Å². The van der Waals surface area contributed by atoms with Gasteiger partial charge in [0.1, 0.15) is 5.82 Å². The molecule has 0 radical (unpaired) electrons. The number of hydrogen-bond donors (Lipinski definition) is 1. The summed E-state index contributed by atoms with van der Waals surface area (Å²) in [5, 5.41) is 10.6. The molecule has 0 bridgehead atoms. The average molecular weight is 254 g/mol. The van der Waals surface area contributed by atoms with Gasteiger partial charge in [0, 0.05) is 12.1 Å². The van der Waals surface area contributed by atoms with E-state index in [0.717, 1.165) is 25.3 Å². The molecule has 0 saturated heterocycles. The molecule has 1 aromatic rings. The van der Waals surface area contributed by atoms with Crippen molar-refractivity contribution in [1.82, 2.24) is 0 Å². The summed E-state index contributed by atoms with van der Waals surface area (Å²) in [6, 6.07) is 3.47. The molecule has 1 saturated carbocycles. The topological polar surface area (TPSA) is 78.4 Å². The molecule has 1 aromatic carbocycles. The molecule has 0 heterocycles. The van der Waals surface area contributed by atoms with Gasteiger partial charge in [0.25, 0.3) is 5.69 Å². The van der Waals surface area contributed by atoms with E-state index >= 15 is 0 Å². The number of halogens is 1. The van der Waals surface area contributed by atoms with Crippen LogP contribution < -0.4 is 5.73 Å². The molecule has 2 rings (SSSR count). The minimum atomic E-state index is -0.626. The molecule has 1 aliphatic carbocycles. The second-order valence-electron chi connectivity index (χ2n) is 4.52. The van der Waals surface area contributed by atoms with E-state index in [-0.39, 0.29) is 24.4 Å². The fraction of sp³-hybridized carbons (Fsp3) is 0.500. The van der Waals surface area contributed by atoms with Crippen LogP contribution in [0.5, 0.6) is 0 Å². The zero-order valence-corrected chi connectivity index (χ0v) is 9.84. The van der Waals surface area contributed by atoms with Crippen LogP contribution >= 0.6 is 0 Å². The molecule has 5 nitrogen and oxygen atoms in total. The first-order chi connectivity index (χ1) is 8.56. The molecule has 6 heteroatoms. The molecular weight excluding hydrogens is 239 g/mol. The minimum absolute atomic E-state index is 0.00791. The highest BCUT2D eigenvalue weighted by Gasteiger charge is 2.24. The summed E-state index contributed by atoms with van der Waals surface area (Å²) in [4.78, 5) is 9.98. The number of nitrogens with two attached hydrogens (primary N) is 1. The Bertz CT molecular complexity index is 453. The maximum Gasteiger partial charge on any atom is 0.272 e. The molecule has 0 aromatic heterocycles. The van der Waals surface area contributed by atoms with Crippen LogP contribution in [0.1, 0.15) is 24.8 Å². The molecule has 0 aliphatic heterocycles. The summed E-state index contributed by atoms with van der Waals surface area (Å²) in [5.74, 6) is -0.626. The molecule has 2 atom stereocenters. The third-order valence-corrected chi connectivity index (χ3v) is 3.12. The van der Waals surface area contributed by atoms with Crippen LogP contribution in [0.4, 0.5) is 10.1 Å². The summed E-state index contributed by atoms with van der Waals surface area (Å²) in [6.45, 7) is 0.150. The van der Waals surface area contributed by atoms with Crippen molar-refractivity contribution in [3.8, 4) is 0 Å². The molecule has 2 unspecified atom stereocenters. The van der Waals surface area contributed by atoms with Crippen molar-refractivity contribution < 1.29 is 14.1 Å². The van der Waals surface area contributed by atoms with Gasteiger partial charge in [-0.1, -0.05) is 0 Å². The van der Waals surface area contributed by atoms with E-state index in [2.05, 4.69) is 0 Å². The van der Waals surface area contributed by atoms with Crippen LogP contribution in [0.25, 0.3) is 0 Å². The zero-order valence-electron chi connectivity index (χ0n) is 9.84. The number of nitro benzene ring substituents is 1. The highest BCUT2D eigenvalue weighted by atomic mass is 19.1. The number of rotatable bonds is 4. The quantitative estimate of drug-likeness (QED) is 0.659. The first-order valence-corrected chi connectivity index (χ1v) is 5.87. The Morgan fingerprint density at radius 3 is 2.83 bits per heavy atom. The highest BCUT2D eigenvalue weighted by molar-refractivity contribution is 5.34. The molecular formula is C12H15FN2O3. The maximum absolute atomic E-state index is 13.2. The lowest BCUT2D eigenvalue weighted by molar-refractivity contribution is -0.385. The minimum Gasteiger partial charge on any atom is -0.372 e. The van der Waals surface area contributed by atoms with E-state index in [1.165, 1.54) is 12.1 Å². The number of non-ortho nitro benzene ring substituents is 1. The van der Waals surface area contributed by atoms with Gasteiger partial charge in [-0.15, -0.1) is 0 Å². The smallest absolute Gasteiger partial charge is 0.272 e. The van der Waals surface area contributed by atoms with Crippen LogP contribution in [0.2, 0.25) is 0 Å². The van der Waals surface area contributed by atoms with E-state index in [1.54, 1.807) is 0 Å². The molecule has 98 valence electrons. The van der Waals surface area contributed by atoms with Gasteiger partial charge >= 0.3 is 0 Å². The van der Waals surface area contributed by atoms with Crippen LogP contribution in [-0.4, -0.2) is 17.1 Å². The molecule has 1 fully saturated rings. The van der Waals surface area contributed by atoms with Gasteiger partial charge in [-0.3, -0.25) is 10.1 Å². The first-order valence-electron chi connectivity index (χ1n) is 5.87. The van der Waals surface area contributed by atoms with E-state index in [9.17, 15) is 14.5 Å². The summed E-state index contributed by atoms with van der Waals surface area (Å²) >= 11 is 0. The van der Waals surface area contributed by atoms with Gasteiger partial charge in [0.05, 0.1) is 23.7 Å². The predicted molar refractivity (Wildman–Crippen MR) is 63.5 cm³/mol. The normalized spacial score (nSPS) is 23.2. The molecule has 1 aliphatic rings. The Labute approximate surface area is 104 Å². The SMILES string of the molecule is NC1CCCC1OCc1cc(F)cc([N+](=O)[O-])c1. The van der Waals surface area contributed by atoms with Crippen LogP contribution in [0.15, 0.2) is 18.2 Å². The van der Waals surface area contributed by atoms with E-state index in [0.29, 0.717) is 5.56 Å². The van der Waals surface area contributed by atoms with Crippen LogP contribution in [0, 0.1) is 15.9 Å². The lowest BCUT2D eigenvalue weighted by atomic mass is 10.2. The van der Waals surface area contributed by atoms with Crippen molar-refractivity contribution in [2.75, 3.05) is 0 Å². The summed E-state index contributed by atoms with van der Waals surface area (Å²) in [5.41, 5.74) is 6.04. The van der Waals surface area contributed by atoms with Gasteiger partial charge in [-0.05, 0) is 30.9 Å². The fourth-order valence-corrected chi connectivity index (χ4v) is 2.19. The highest BCUT2D eigenvalue weighted by Crippen LogP contribution is 2.23. The number of ether oxygens (including phenoxy) is 1. The van der Waals surface area contributed by atoms with Crippen molar-refractivity contribution in [2.24, 2.45) is 5.73 Å². The molecule has 0 spiro atoms.